The van der Waals surface area contributed by atoms with Crippen molar-refractivity contribution in [3.8, 4) is 0 Å². The summed E-state index contributed by atoms with van der Waals surface area (Å²) >= 11 is 7.30. The number of anilines is 1. The van der Waals surface area contributed by atoms with E-state index in [1.54, 1.807) is 0 Å². The van der Waals surface area contributed by atoms with Gasteiger partial charge in [-0.05, 0) is 52.9 Å². The van der Waals surface area contributed by atoms with Crippen LogP contribution in [0.2, 0.25) is 0 Å². The standard InChI is InChI=1S/C16H20Br2N2/c1-5-8-19-16-13(9(2)3)10(4)20-15-12(18)7-6-11(17)14(15)16/h6-7,9H,5,8H2,1-4H3,(H,19,20). The molecular formula is C16H20Br2N2. The van der Waals surface area contributed by atoms with Gasteiger partial charge in [-0.1, -0.05) is 36.7 Å². The molecule has 4 heteroatoms. The number of rotatable bonds is 4. The van der Waals surface area contributed by atoms with Gasteiger partial charge in [-0.3, -0.25) is 4.98 Å². The van der Waals surface area contributed by atoms with E-state index in [1.165, 1.54) is 16.6 Å². The van der Waals surface area contributed by atoms with Crippen molar-refractivity contribution in [2.45, 2.75) is 40.0 Å². The third-order valence-corrected chi connectivity index (χ3v) is 4.70. The number of hydrogen-bond acceptors (Lipinski definition) is 2. The summed E-state index contributed by atoms with van der Waals surface area (Å²) in [5.74, 6) is 0.442. The van der Waals surface area contributed by atoms with Gasteiger partial charge in [0.15, 0.2) is 0 Å². The number of benzene rings is 1. The lowest BCUT2D eigenvalue weighted by molar-refractivity contribution is 0.844. The minimum absolute atomic E-state index is 0.442. The van der Waals surface area contributed by atoms with E-state index in [0.717, 1.165) is 33.1 Å². The van der Waals surface area contributed by atoms with Gasteiger partial charge in [0.2, 0.25) is 0 Å². The number of pyridine rings is 1. The van der Waals surface area contributed by atoms with Gasteiger partial charge in [-0.15, -0.1) is 0 Å². The molecule has 2 aromatic rings. The maximum absolute atomic E-state index is 4.81. The monoisotopic (exact) mass is 398 g/mol. The highest BCUT2D eigenvalue weighted by atomic mass is 79.9. The average molecular weight is 400 g/mol. The van der Waals surface area contributed by atoms with Crippen LogP contribution in [0.5, 0.6) is 0 Å². The summed E-state index contributed by atoms with van der Waals surface area (Å²) in [7, 11) is 0. The molecule has 108 valence electrons. The SMILES string of the molecule is CCCNc1c(C(C)C)c(C)nc2c(Br)ccc(Br)c12. The molecule has 2 nitrogen and oxygen atoms in total. The third-order valence-electron chi connectivity index (χ3n) is 3.40. The van der Waals surface area contributed by atoms with Crippen molar-refractivity contribution in [3.05, 3.63) is 32.3 Å². The summed E-state index contributed by atoms with van der Waals surface area (Å²) in [6, 6.07) is 4.11. The number of fused-ring (bicyclic) bond motifs is 1. The molecule has 0 spiro atoms. The zero-order valence-corrected chi connectivity index (χ0v) is 15.5. The Morgan fingerprint density at radius 3 is 2.45 bits per heavy atom. The van der Waals surface area contributed by atoms with Crippen LogP contribution in [0.3, 0.4) is 0 Å². The van der Waals surface area contributed by atoms with Gasteiger partial charge in [0.05, 0.1) is 11.2 Å². The van der Waals surface area contributed by atoms with Gasteiger partial charge in [-0.2, -0.15) is 0 Å². The van der Waals surface area contributed by atoms with Crippen molar-refractivity contribution >= 4 is 48.5 Å². The highest BCUT2D eigenvalue weighted by molar-refractivity contribution is 9.11. The smallest absolute Gasteiger partial charge is 0.0879 e. The zero-order valence-electron chi connectivity index (χ0n) is 12.3. The predicted molar refractivity (Wildman–Crippen MR) is 94.7 cm³/mol. The van der Waals surface area contributed by atoms with E-state index < -0.39 is 0 Å². The molecule has 0 radical (unpaired) electrons. The van der Waals surface area contributed by atoms with E-state index >= 15 is 0 Å². The van der Waals surface area contributed by atoms with Crippen LogP contribution in [0, 0.1) is 6.92 Å². The number of nitrogens with zero attached hydrogens (tertiary/aromatic N) is 1. The van der Waals surface area contributed by atoms with E-state index in [1.807, 2.05) is 6.07 Å². The summed E-state index contributed by atoms with van der Waals surface area (Å²) in [5, 5.41) is 4.77. The second-order valence-electron chi connectivity index (χ2n) is 5.32. The van der Waals surface area contributed by atoms with Gasteiger partial charge in [0.25, 0.3) is 0 Å². The highest BCUT2D eigenvalue weighted by Crippen LogP contribution is 2.39. The minimum atomic E-state index is 0.442. The molecule has 1 aromatic heterocycles. The number of hydrogen-bond donors (Lipinski definition) is 1. The van der Waals surface area contributed by atoms with Gasteiger partial charge in [0.1, 0.15) is 0 Å². The lowest BCUT2D eigenvalue weighted by Crippen LogP contribution is -2.08. The maximum atomic E-state index is 4.81. The average Bonchev–Trinajstić information content (AvgIpc) is 2.39. The quantitative estimate of drug-likeness (QED) is 0.680. The third kappa shape index (κ3) is 2.86. The van der Waals surface area contributed by atoms with Crippen LogP contribution in [0.15, 0.2) is 21.1 Å². The topological polar surface area (TPSA) is 24.9 Å². The highest BCUT2D eigenvalue weighted by Gasteiger charge is 2.18. The second kappa shape index (κ2) is 6.44. The molecule has 1 N–H and O–H groups in total. The summed E-state index contributed by atoms with van der Waals surface area (Å²) in [4.78, 5) is 4.81. The van der Waals surface area contributed by atoms with Crippen LogP contribution in [-0.4, -0.2) is 11.5 Å². The molecule has 0 fully saturated rings. The first kappa shape index (κ1) is 15.8. The molecule has 0 amide bonds. The molecule has 2 rings (SSSR count). The molecule has 0 bridgehead atoms. The van der Waals surface area contributed by atoms with Crippen LogP contribution in [0.4, 0.5) is 5.69 Å². The minimum Gasteiger partial charge on any atom is -0.384 e. The van der Waals surface area contributed by atoms with E-state index in [4.69, 9.17) is 4.98 Å². The summed E-state index contributed by atoms with van der Waals surface area (Å²) < 4.78 is 2.12. The molecule has 0 saturated heterocycles. The van der Waals surface area contributed by atoms with Crippen LogP contribution in [-0.2, 0) is 0 Å². The van der Waals surface area contributed by atoms with Gasteiger partial charge in [0, 0.05) is 26.6 Å². The summed E-state index contributed by atoms with van der Waals surface area (Å²) in [6.45, 7) is 9.69. The fourth-order valence-electron chi connectivity index (χ4n) is 2.57. The Balaban J connectivity index is 2.84. The molecule has 0 saturated carbocycles. The number of aryl methyl sites for hydroxylation is 1. The molecule has 20 heavy (non-hydrogen) atoms. The lowest BCUT2D eigenvalue weighted by atomic mass is 9.96. The van der Waals surface area contributed by atoms with Crippen molar-refractivity contribution in [2.24, 2.45) is 0 Å². The van der Waals surface area contributed by atoms with E-state index in [9.17, 15) is 0 Å². The molecule has 0 aliphatic heterocycles. The van der Waals surface area contributed by atoms with Crippen molar-refractivity contribution in [1.29, 1.82) is 0 Å². The number of nitrogens with one attached hydrogen (secondary N) is 1. The van der Waals surface area contributed by atoms with Crippen LogP contribution in [0.25, 0.3) is 10.9 Å². The van der Waals surface area contributed by atoms with Crippen molar-refractivity contribution in [1.82, 2.24) is 4.98 Å². The summed E-state index contributed by atoms with van der Waals surface area (Å²) in [5.41, 5.74) is 4.65. The first-order valence-corrected chi connectivity index (χ1v) is 8.58. The van der Waals surface area contributed by atoms with Gasteiger partial charge >= 0.3 is 0 Å². The van der Waals surface area contributed by atoms with E-state index in [-0.39, 0.29) is 0 Å². The molecule has 1 aromatic carbocycles. The Bertz CT molecular complexity index is 636. The largest absolute Gasteiger partial charge is 0.384 e. The Morgan fingerprint density at radius 1 is 1.20 bits per heavy atom. The molecule has 1 heterocycles. The molecule has 0 aliphatic carbocycles. The normalized spacial score (nSPS) is 11.3. The zero-order chi connectivity index (χ0) is 14.9. The maximum Gasteiger partial charge on any atom is 0.0879 e. The molecule has 0 aliphatic rings. The fraction of sp³-hybridized carbons (Fsp3) is 0.438. The van der Waals surface area contributed by atoms with Crippen LogP contribution >= 0.6 is 31.9 Å². The van der Waals surface area contributed by atoms with Crippen molar-refractivity contribution in [3.63, 3.8) is 0 Å². The Hall–Kier alpha value is -0.610. The molecule has 0 unspecified atom stereocenters. The molecule has 0 atom stereocenters. The fourth-order valence-corrected chi connectivity index (χ4v) is 3.51. The molecular weight excluding hydrogens is 380 g/mol. The second-order valence-corrected chi connectivity index (χ2v) is 7.03. The van der Waals surface area contributed by atoms with E-state index in [0.29, 0.717) is 5.92 Å². The first-order valence-electron chi connectivity index (χ1n) is 6.99. The van der Waals surface area contributed by atoms with Crippen molar-refractivity contribution in [2.75, 3.05) is 11.9 Å². The van der Waals surface area contributed by atoms with Gasteiger partial charge in [-0.25, -0.2) is 0 Å². The van der Waals surface area contributed by atoms with Crippen LogP contribution < -0.4 is 5.32 Å². The first-order chi connectivity index (χ1) is 9.47. The Labute approximate surface area is 137 Å². The Kier molecular flexibility index (Phi) is 5.08. The number of halogens is 2. The van der Waals surface area contributed by atoms with Gasteiger partial charge < -0.3 is 5.32 Å². The number of aromatic nitrogens is 1. The van der Waals surface area contributed by atoms with Crippen LogP contribution in [0.1, 0.15) is 44.4 Å². The van der Waals surface area contributed by atoms with E-state index in [2.05, 4.69) is 70.9 Å². The van der Waals surface area contributed by atoms with Crippen molar-refractivity contribution < 1.29 is 0 Å². The Morgan fingerprint density at radius 2 is 1.85 bits per heavy atom. The predicted octanol–water partition coefficient (Wildman–Crippen LogP) is 6.01. The summed E-state index contributed by atoms with van der Waals surface area (Å²) in [6.07, 6.45) is 1.10. The lowest BCUT2D eigenvalue weighted by Gasteiger charge is -2.20.